The molecule has 0 heterocycles. The molecule has 0 aromatic heterocycles. The van der Waals surface area contributed by atoms with Crippen LogP contribution in [0.3, 0.4) is 0 Å². The summed E-state index contributed by atoms with van der Waals surface area (Å²) in [4.78, 5) is 11.8. The number of methoxy groups -OCH3 is 1. The van der Waals surface area contributed by atoms with Crippen molar-refractivity contribution in [2.45, 2.75) is 0 Å². The maximum absolute atomic E-state index is 11.8. The number of carbonyl (C=O) groups excluding carboxylic acids is 1. The lowest BCUT2D eigenvalue weighted by Crippen LogP contribution is -2.18. The molecule has 128 valence electrons. The van der Waals surface area contributed by atoms with Gasteiger partial charge in [0.1, 0.15) is 21.5 Å². The summed E-state index contributed by atoms with van der Waals surface area (Å²) in [7, 11) is 1.53. The fourth-order valence-electron chi connectivity index (χ4n) is 1.65. The second-order valence-electron chi connectivity index (χ2n) is 4.34. The van der Waals surface area contributed by atoms with Gasteiger partial charge in [-0.3, -0.25) is 0 Å². The van der Waals surface area contributed by atoms with E-state index in [0.717, 1.165) is 0 Å². The largest absolute Gasteiger partial charge is 0.497 e. The third-order valence-corrected chi connectivity index (χ3v) is 5.04. The molecule has 0 fully saturated rings. The quantitative estimate of drug-likeness (QED) is 0.255. The summed E-state index contributed by atoms with van der Waals surface area (Å²) in [5.74, 6) is 0.239. The van der Waals surface area contributed by atoms with E-state index >= 15 is 0 Å². The number of esters is 1. The average molecular weight is 430 g/mol. The van der Waals surface area contributed by atoms with Gasteiger partial charge in [-0.2, -0.15) is 0 Å². The zero-order valence-electron chi connectivity index (χ0n) is 12.0. The van der Waals surface area contributed by atoms with Crippen LogP contribution in [0.4, 0.5) is 0 Å². The molecule has 0 unspecified atom stereocenters. The van der Waals surface area contributed by atoms with E-state index in [-0.39, 0.29) is 30.9 Å². The first-order valence-corrected chi connectivity index (χ1v) is 8.23. The van der Waals surface area contributed by atoms with E-state index in [1.165, 1.54) is 7.11 Å². The summed E-state index contributed by atoms with van der Waals surface area (Å²) in [6.07, 6.45) is 0. The summed E-state index contributed by atoms with van der Waals surface area (Å²) < 4.78 is 15.4. The van der Waals surface area contributed by atoms with Crippen LogP contribution >= 0.6 is 58.0 Å². The molecule has 0 saturated carbocycles. The molecule has 2 rings (SSSR count). The second kappa shape index (κ2) is 8.37. The Morgan fingerprint density at radius 1 is 0.833 bits per heavy atom. The number of hydrogen-bond acceptors (Lipinski definition) is 4. The van der Waals surface area contributed by atoms with Crippen molar-refractivity contribution < 1.29 is 19.0 Å². The van der Waals surface area contributed by atoms with E-state index in [1.807, 2.05) is 0 Å². The Morgan fingerprint density at radius 2 is 1.29 bits per heavy atom. The zero-order chi connectivity index (χ0) is 17.9. The summed E-state index contributed by atoms with van der Waals surface area (Å²) in [5.41, 5.74) is 0. The number of rotatable bonds is 5. The molecule has 0 aliphatic carbocycles. The molecule has 0 aliphatic rings. The molecule has 0 bridgehead atoms. The van der Waals surface area contributed by atoms with Crippen LogP contribution in [-0.4, -0.2) is 19.7 Å². The molecule has 2 aromatic carbocycles. The maximum Gasteiger partial charge on any atom is 0.349 e. The second-order valence-corrected chi connectivity index (χ2v) is 6.23. The molecule has 4 nitrogen and oxygen atoms in total. The predicted octanol–water partition coefficient (Wildman–Crippen LogP) is 5.95. The minimum atomic E-state index is -0.672. The minimum Gasteiger partial charge on any atom is -0.497 e. The number of halogens is 5. The van der Waals surface area contributed by atoms with E-state index in [4.69, 9.17) is 72.2 Å². The Bertz CT molecular complexity index is 732. The van der Waals surface area contributed by atoms with Crippen LogP contribution in [0.2, 0.25) is 25.1 Å². The normalized spacial score (nSPS) is 10.4. The number of carbonyl (C=O) groups is 1. The lowest BCUT2D eigenvalue weighted by molar-refractivity contribution is -0.136. The summed E-state index contributed by atoms with van der Waals surface area (Å²) in [5, 5.41) is -0.138. The molecule has 0 spiro atoms. The molecule has 0 N–H and O–H groups in total. The van der Waals surface area contributed by atoms with Gasteiger partial charge in [-0.15, -0.1) is 0 Å². The average Bonchev–Trinajstić information content (AvgIpc) is 2.59. The van der Waals surface area contributed by atoms with Crippen LogP contribution in [0.25, 0.3) is 0 Å². The molecular formula is C15H9Cl5O4. The zero-order valence-corrected chi connectivity index (χ0v) is 15.8. The Balaban J connectivity index is 2.06. The highest BCUT2D eigenvalue weighted by Gasteiger charge is 2.21. The molecule has 24 heavy (non-hydrogen) atoms. The minimum absolute atomic E-state index is 0.00138. The number of benzene rings is 2. The summed E-state index contributed by atoms with van der Waals surface area (Å²) in [6, 6.07) is 6.45. The van der Waals surface area contributed by atoms with E-state index in [0.29, 0.717) is 11.5 Å². The van der Waals surface area contributed by atoms with Crippen LogP contribution in [0.15, 0.2) is 24.3 Å². The highest BCUT2D eigenvalue weighted by molar-refractivity contribution is 6.55. The third-order valence-electron chi connectivity index (χ3n) is 2.80. The van der Waals surface area contributed by atoms with Crippen molar-refractivity contribution in [3.63, 3.8) is 0 Å². The van der Waals surface area contributed by atoms with E-state index in [1.54, 1.807) is 24.3 Å². The van der Waals surface area contributed by atoms with Crippen LogP contribution in [-0.2, 0) is 4.79 Å². The van der Waals surface area contributed by atoms with E-state index in [9.17, 15) is 4.79 Å². The molecule has 0 radical (unpaired) electrons. The van der Waals surface area contributed by atoms with Crippen molar-refractivity contribution in [2.75, 3.05) is 13.7 Å². The Kier molecular flexibility index (Phi) is 6.72. The topological polar surface area (TPSA) is 44.8 Å². The van der Waals surface area contributed by atoms with Gasteiger partial charge in [-0.1, -0.05) is 58.0 Å². The van der Waals surface area contributed by atoms with Crippen molar-refractivity contribution in [1.29, 1.82) is 0 Å². The molecule has 0 saturated heterocycles. The molecule has 0 amide bonds. The van der Waals surface area contributed by atoms with Crippen LogP contribution in [0, 0.1) is 0 Å². The van der Waals surface area contributed by atoms with Gasteiger partial charge in [0.2, 0.25) is 0 Å². The lowest BCUT2D eigenvalue weighted by Gasteiger charge is -2.13. The first kappa shape index (κ1) is 19.3. The third kappa shape index (κ3) is 4.32. The fraction of sp³-hybridized carbons (Fsp3) is 0.133. The van der Waals surface area contributed by atoms with E-state index < -0.39 is 12.6 Å². The van der Waals surface area contributed by atoms with Crippen LogP contribution < -0.4 is 14.2 Å². The Morgan fingerprint density at radius 3 is 1.79 bits per heavy atom. The van der Waals surface area contributed by atoms with Gasteiger partial charge in [-0.25, -0.2) is 4.79 Å². The van der Waals surface area contributed by atoms with Gasteiger partial charge in [0.25, 0.3) is 0 Å². The van der Waals surface area contributed by atoms with Crippen molar-refractivity contribution in [1.82, 2.24) is 0 Å². The van der Waals surface area contributed by atoms with Gasteiger partial charge in [0, 0.05) is 0 Å². The van der Waals surface area contributed by atoms with Gasteiger partial charge in [0.05, 0.1) is 22.2 Å². The van der Waals surface area contributed by atoms with Crippen molar-refractivity contribution in [3.8, 4) is 17.2 Å². The van der Waals surface area contributed by atoms with Gasteiger partial charge >= 0.3 is 5.97 Å². The van der Waals surface area contributed by atoms with Crippen molar-refractivity contribution in [3.05, 3.63) is 49.4 Å². The lowest BCUT2D eigenvalue weighted by atomic mass is 10.3. The summed E-state index contributed by atoms with van der Waals surface area (Å²) >= 11 is 29.7. The maximum atomic E-state index is 11.8. The first-order valence-electron chi connectivity index (χ1n) is 6.34. The molecule has 9 heteroatoms. The standard InChI is InChI=1S/C15H9Cl5O4/c1-22-7-2-4-8(5-3-7)24-9(21)6-23-15-13(19)11(17)10(16)12(18)14(15)20/h2-5H,6H2,1H3. The molecule has 0 atom stereocenters. The molecule has 0 aliphatic heterocycles. The Labute approximate surface area is 163 Å². The van der Waals surface area contributed by atoms with Crippen molar-refractivity contribution >= 4 is 64.0 Å². The van der Waals surface area contributed by atoms with Crippen molar-refractivity contribution in [2.24, 2.45) is 0 Å². The highest BCUT2D eigenvalue weighted by Crippen LogP contribution is 2.48. The number of ether oxygens (including phenoxy) is 3. The van der Waals surface area contributed by atoms with Gasteiger partial charge in [0.15, 0.2) is 12.4 Å². The first-order chi connectivity index (χ1) is 11.3. The van der Waals surface area contributed by atoms with E-state index in [2.05, 4.69) is 0 Å². The number of hydrogen-bond donors (Lipinski definition) is 0. The molecular weight excluding hydrogens is 421 g/mol. The summed E-state index contributed by atoms with van der Waals surface area (Å²) in [6.45, 7) is -0.459. The van der Waals surface area contributed by atoms with Gasteiger partial charge < -0.3 is 14.2 Å². The highest BCUT2D eigenvalue weighted by atomic mass is 35.5. The predicted molar refractivity (Wildman–Crippen MR) is 95.6 cm³/mol. The SMILES string of the molecule is COc1ccc(OC(=O)COc2c(Cl)c(Cl)c(Cl)c(Cl)c2Cl)cc1. The monoisotopic (exact) mass is 428 g/mol. The fourth-order valence-corrected chi connectivity index (χ4v) is 2.88. The van der Waals surface area contributed by atoms with Crippen LogP contribution in [0.5, 0.6) is 17.2 Å². The smallest absolute Gasteiger partial charge is 0.349 e. The van der Waals surface area contributed by atoms with Gasteiger partial charge in [-0.05, 0) is 24.3 Å². The van der Waals surface area contributed by atoms with Crippen LogP contribution in [0.1, 0.15) is 0 Å². The Hall–Kier alpha value is -1.04. The molecule has 2 aromatic rings.